The molecule has 2 heterocycles. The number of carbonyl (C=O) groups excluding carboxylic acids is 1. The molecule has 0 fully saturated rings. The molecule has 0 aliphatic carbocycles. The zero-order chi connectivity index (χ0) is 12.4. The Morgan fingerprint density at radius 1 is 1.29 bits per heavy atom. The number of rotatable bonds is 2. The van der Waals surface area contributed by atoms with E-state index in [-0.39, 0.29) is 16.2 Å². The van der Waals surface area contributed by atoms with Gasteiger partial charge >= 0.3 is 0 Å². The lowest BCUT2D eigenvalue weighted by molar-refractivity contribution is 0.102. The second-order valence-electron chi connectivity index (χ2n) is 3.10. The number of amides is 1. The minimum Gasteiger partial charge on any atom is -0.297 e. The van der Waals surface area contributed by atoms with E-state index in [9.17, 15) is 4.79 Å². The van der Waals surface area contributed by atoms with Gasteiger partial charge in [0.25, 0.3) is 5.91 Å². The van der Waals surface area contributed by atoms with Crippen LogP contribution in [0.4, 0.5) is 5.13 Å². The van der Waals surface area contributed by atoms with Crippen LogP contribution in [0.1, 0.15) is 16.2 Å². The molecule has 0 radical (unpaired) electrons. The number of nitrogens with one attached hydrogen (secondary N) is 1. The number of aryl methyl sites for hydroxylation is 1. The minimum absolute atomic E-state index is 0.163. The van der Waals surface area contributed by atoms with Gasteiger partial charge in [-0.25, -0.2) is 9.97 Å². The van der Waals surface area contributed by atoms with Crippen LogP contribution in [-0.2, 0) is 0 Å². The zero-order valence-corrected chi connectivity index (χ0v) is 10.9. The second kappa shape index (κ2) is 4.95. The molecule has 17 heavy (non-hydrogen) atoms. The lowest BCUT2D eigenvalue weighted by Gasteiger charge is -2.01. The molecule has 0 atom stereocenters. The van der Waals surface area contributed by atoms with E-state index >= 15 is 0 Å². The first-order valence-electron chi connectivity index (χ1n) is 4.49. The fourth-order valence-electron chi connectivity index (χ4n) is 1.11. The average Bonchev–Trinajstić information content (AvgIpc) is 2.62. The van der Waals surface area contributed by atoms with Gasteiger partial charge in [0.1, 0.15) is 16.1 Å². The van der Waals surface area contributed by atoms with Crippen molar-refractivity contribution in [3.63, 3.8) is 0 Å². The van der Waals surface area contributed by atoms with Crippen LogP contribution in [0.3, 0.4) is 0 Å². The number of hydrogen-bond acceptors (Lipinski definition) is 5. The van der Waals surface area contributed by atoms with Crippen LogP contribution in [0.15, 0.2) is 12.1 Å². The normalized spacial score (nSPS) is 10.3. The third-order valence-electron chi connectivity index (χ3n) is 1.77. The van der Waals surface area contributed by atoms with Crippen LogP contribution in [0.2, 0.25) is 10.3 Å². The highest BCUT2D eigenvalue weighted by Crippen LogP contribution is 2.17. The maximum atomic E-state index is 11.8. The molecule has 0 aliphatic heterocycles. The molecule has 0 saturated heterocycles. The summed E-state index contributed by atoms with van der Waals surface area (Å²) >= 11 is 12.5. The Morgan fingerprint density at radius 3 is 2.47 bits per heavy atom. The van der Waals surface area contributed by atoms with Gasteiger partial charge in [-0.1, -0.05) is 23.2 Å². The molecule has 0 spiro atoms. The maximum Gasteiger partial charge on any atom is 0.257 e. The highest BCUT2D eigenvalue weighted by atomic mass is 35.5. The number of pyridine rings is 1. The van der Waals surface area contributed by atoms with E-state index in [0.717, 1.165) is 11.5 Å². The number of nitrogens with zero attached hydrogens (tertiary/aromatic N) is 3. The first-order chi connectivity index (χ1) is 8.04. The van der Waals surface area contributed by atoms with Crippen LogP contribution in [-0.4, -0.2) is 20.2 Å². The summed E-state index contributed by atoms with van der Waals surface area (Å²) in [5.74, 6) is 0.253. The Labute approximate surface area is 111 Å². The van der Waals surface area contributed by atoms with Crippen molar-refractivity contribution in [1.29, 1.82) is 0 Å². The van der Waals surface area contributed by atoms with Crippen molar-refractivity contribution in [3.05, 3.63) is 33.8 Å². The summed E-state index contributed by atoms with van der Waals surface area (Å²) in [4.78, 5) is 19.6. The van der Waals surface area contributed by atoms with Gasteiger partial charge in [0.05, 0.1) is 0 Å². The highest BCUT2D eigenvalue weighted by molar-refractivity contribution is 7.09. The molecule has 5 nitrogen and oxygen atoms in total. The zero-order valence-electron chi connectivity index (χ0n) is 8.57. The molecule has 1 amide bonds. The van der Waals surface area contributed by atoms with Crippen molar-refractivity contribution < 1.29 is 4.79 Å². The Bertz CT molecular complexity index is 552. The average molecular weight is 289 g/mol. The van der Waals surface area contributed by atoms with Gasteiger partial charge in [-0.05, 0) is 19.1 Å². The van der Waals surface area contributed by atoms with Gasteiger partial charge in [-0.3, -0.25) is 10.1 Å². The molecule has 0 aromatic carbocycles. The molecule has 0 aliphatic rings. The summed E-state index contributed by atoms with van der Waals surface area (Å²) in [7, 11) is 0. The van der Waals surface area contributed by atoms with Crippen molar-refractivity contribution in [2.45, 2.75) is 6.92 Å². The van der Waals surface area contributed by atoms with Crippen LogP contribution in [0.25, 0.3) is 0 Å². The Hall–Kier alpha value is -1.24. The molecular formula is C9H6Cl2N4OS. The van der Waals surface area contributed by atoms with E-state index in [2.05, 4.69) is 19.7 Å². The molecule has 2 aromatic rings. The molecule has 2 aromatic heterocycles. The van der Waals surface area contributed by atoms with E-state index in [0.29, 0.717) is 16.5 Å². The number of aromatic nitrogens is 3. The summed E-state index contributed by atoms with van der Waals surface area (Å²) in [5.41, 5.74) is 0.322. The van der Waals surface area contributed by atoms with Crippen molar-refractivity contribution >= 4 is 45.8 Å². The number of carbonyl (C=O) groups is 1. The SMILES string of the molecule is Cc1nsc(NC(=O)c2cc(Cl)nc(Cl)c2)n1. The summed E-state index contributed by atoms with van der Waals surface area (Å²) in [5, 5.41) is 3.35. The van der Waals surface area contributed by atoms with Crippen molar-refractivity contribution in [1.82, 2.24) is 14.3 Å². The van der Waals surface area contributed by atoms with Crippen LogP contribution in [0, 0.1) is 6.92 Å². The van der Waals surface area contributed by atoms with E-state index in [1.807, 2.05) is 0 Å². The van der Waals surface area contributed by atoms with Crippen molar-refractivity contribution in [2.24, 2.45) is 0 Å². The molecule has 1 N–H and O–H groups in total. The summed E-state index contributed by atoms with van der Waals surface area (Å²) < 4.78 is 3.95. The molecule has 2 rings (SSSR count). The molecular weight excluding hydrogens is 283 g/mol. The van der Waals surface area contributed by atoms with Crippen molar-refractivity contribution in [3.8, 4) is 0 Å². The van der Waals surface area contributed by atoms with E-state index in [4.69, 9.17) is 23.2 Å². The Morgan fingerprint density at radius 2 is 1.94 bits per heavy atom. The fraction of sp³-hybridized carbons (Fsp3) is 0.111. The summed E-state index contributed by atoms with van der Waals surface area (Å²) in [6, 6.07) is 2.85. The Kier molecular flexibility index (Phi) is 3.56. The van der Waals surface area contributed by atoms with Gasteiger partial charge in [0.2, 0.25) is 5.13 Å². The van der Waals surface area contributed by atoms with E-state index in [1.54, 1.807) is 6.92 Å². The molecule has 88 valence electrons. The van der Waals surface area contributed by atoms with Gasteiger partial charge in [0.15, 0.2) is 0 Å². The summed E-state index contributed by atoms with van der Waals surface area (Å²) in [6.45, 7) is 1.74. The summed E-state index contributed by atoms with van der Waals surface area (Å²) in [6.07, 6.45) is 0. The molecule has 0 saturated carbocycles. The largest absolute Gasteiger partial charge is 0.297 e. The first-order valence-corrected chi connectivity index (χ1v) is 6.02. The molecule has 0 unspecified atom stereocenters. The topological polar surface area (TPSA) is 67.8 Å². The maximum absolute atomic E-state index is 11.8. The van der Waals surface area contributed by atoms with E-state index in [1.165, 1.54) is 12.1 Å². The fourth-order valence-corrected chi connectivity index (χ4v) is 2.14. The lowest BCUT2D eigenvalue weighted by atomic mass is 10.2. The third kappa shape index (κ3) is 3.12. The number of halogens is 2. The Balaban J connectivity index is 2.19. The van der Waals surface area contributed by atoms with Crippen LogP contribution >= 0.6 is 34.7 Å². The first kappa shape index (κ1) is 12.2. The highest BCUT2D eigenvalue weighted by Gasteiger charge is 2.11. The lowest BCUT2D eigenvalue weighted by Crippen LogP contribution is -2.12. The van der Waals surface area contributed by atoms with Gasteiger partial charge in [-0.15, -0.1) is 0 Å². The third-order valence-corrected chi connectivity index (χ3v) is 2.88. The van der Waals surface area contributed by atoms with Gasteiger partial charge in [-0.2, -0.15) is 4.37 Å². The van der Waals surface area contributed by atoms with E-state index < -0.39 is 0 Å². The predicted molar refractivity (Wildman–Crippen MR) is 66.9 cm³/mol. The predicted octanol–water partition coefficient (Wildman–Crippen LogP) is 2.80. The van der Waals surface area contributed by atoms with Crippen LogP contribution in [0.5, 0.6) is 0 Å². The molecule has 0 bridgehead atoms. The quantitative estimate of drug-likeness (QED) is 0.863. The van der Waals surface area contributed by atoms with Crippen LogP contribution < -0.4 is 5.32 Å². The minimum atomic E-state index is -0.354. The number of anilines is 1. The van der Waals surface area contributed by atoms with Gasteiger partial charge in [0, 0.05) is 17.1 Å². The standard InChI is InChI=1S/C9H6Cl2N4OS/c1-4-12-9(17-15-4)14-8(16)5-2-6(10)13-7(11)3-5/h2-3H,1H3,(H,12,14,15,16). The molecule has 8 heteroatoms. The smallest absolute Gasteiger partial charge is 0.257 e. The van der Waals surface area contributed by atoms with Crippen molar-refractivity contribution in [2.75, 3.05) is 5.32 Å². The second-order valence-corrected chi connectivity index (χ2v) is 4.63. The monoisotopic (exact) mass is 288 g/mol. The van der Waals surface area contributed by atoms with Gasteiger partial charge < -0.3 is 0 Å². The number of hydrogen-bond donors (Lipinski definition) is 1.